The van der Waals surface area contributed by atoms with E-state index in [1.807, 2.05) is 0 Å². The van der Waals surface area contributed by atoms with E-state index < -0.39 is 0 Å². The lowest BCUT2D eigenvalue weighted by Gasteiger charge is -2.20. The summed E-state index contributed by atoms with van der Waals surface area (Å²) in [5.41, 5.74) is 0. The van der Waals surface area contributed by atoms with Crippen LogP contribution in [0.2, 0.25) is 0 Å². The van der Waals surface area contributed by atoms with Gasteiger partial charge in [0.1, 0.15) is 0 Å². The summed E-state index contributed by atoms with van der Waals surface area (Å²) in [4.78, 5) is 37.3. The highest BCUT2D eigenvalue weighted by atomic mass is 79.9. The number of carbonyl (C=O) groups excluding carboxylic acids is 3. The van der Waals surface area contributed by atoms with Gasteiger partial charge >= 0.3 is 0 Å². The van der Waals surface area contributed by atoms with Crippen molar-refractivity contribution in [1.82, 2.24) is 9.80 Å². The van der Waals surface area contributed by atoms with Crippen molar-refractivity contribution in [3.63, 3.8) is 0 Å². The molecule has 7 heteroatoms. The summed E-state index contributed by atoms with van der Waals surface area (Å²) in [7, 11) is 0. The Morgan fingerprint density at radius 2 is 1.38 bits per heavy atom. The Bertz CT molecular complexity index is 281. The Kier molecular flexibility index (Phi) is 5.40. The van der Waals surface area contributed by atoms with E-state index in [9.17, 15) is 14.4 Å². The van der Waals surface area contributed by atoms with Crippen LogP contribution in [-0.2, 0) is 14.4 Å². The molecule has 1 rings (SSSR count). The normalized spacial score (nSPS) is 17.2. The third-order valence-corrected chi connectivity index (χ3v) is 3.27. The molecule has 0 atom stereocenters. The van der Waals surface area contributed by atoms with Gasteiger partial charge in [-0.3, -0.25) is 14.4 Å². The van der Waals surface area contributed by atoms with E-state index in [4.69, 9.17) is 0 Å². The van der Waals surface area contributed by atoms with Crippen LogP contribution in [0.15, 0.2) is 0 Å². The highest BCUT2D eigenvalue weighted by Gasteiger charge is 2.25. The number of alkyl halides is 2. The first-order valence-corrected chi connectivity index (χ1v) is 7.02. The van der Waals surface area contributed by atoms with Crippen molar-refractivity contribution in [1.29, 1.82) is 0 Å². The van der Waals surface area contributed by atoms with Gasteiger partial charge in [-0.15, -0.1) is 0 Å². The molecule has 1 fully saturated rings. The molecule has 0 aromatic heterocycles. The Morgan fingerprint density at radius 3 is 1.69 bits per heavy atom. The van der Waals surface area contributed by atoms with E-state index in [1.165, 1.54) is 9.80 Å². The summed E-state index contributed by atoms with van der Waals surface area (Å²) in [6, 6.07) is 0. The molecule has 16 heavy (non-hydrogen) atoms. The van der Waals surface area contributed by atoms with E-state index in [0.29, 0.717) is 13.1 Å². The topological polar surface area (TPSA) is 57.7 Å². The Balaban J connectivity index is 2.66. The minimum Gasteiger partial charge on any atom is -0.333 e. The number of rotatable bonds is 2. The zero-order valence-corrected chi connectivity index (χ0v) is 11.8. The third-order valence-electron chi connectivity index (χ3n) is 2.31. The van der Waals surface area contributed by atoms with Crippen LogP contribution in [0.3, 0.4) is 0 Å². The zero-order valence-electron chi connectivity index (χ0n) is 8.62. The van der Waals surface area contributed by atoms with Gasteiger partial charge < -0.3 is 9.80 Å². The van der Waals surface area contributed by atoms with Gasteiger partial charge in [-0.1, -0.05) is 31.9 Å². The molecular formula is C9H12Br2N2O3. The lowest BCUT2D eigenvalue weighted by Crippen LogP contribution is -2.38. The predicted octanol–water partition coefficient (Wildman–Crippen LogP) is 0.0161. The van der Waals surface area contributed by atoms with Gasteiger partial charge in [-0.25, -0.2) is 0 Å². The van der Waals surface area contributed by atoms with Crippen molar-refractivity contribution in [2.75, 3.05) is 36.8 Å². The molecule has 0 aromatic rings. The predicted molar refractivity (Wildman–Crippen MR) is 65.8 cm³/mol. The fourth-order valence-corrected chi connectivity index (χ4v) is 2.18. The fourth-order valence-electron chi connectivity index (χ4n) is 1.47. The van der Waals surface area contributed by atoms with Gasteiger partial charge in [0.25, 0.3) is 0 Å². The van der Waals surface area contributed by atoms with Crippen molar-refractivity contribution >= 4 is 49.5 Å². The summed E-state index contributed by atoms with van der Waals surface area (Å²) in [6.07, 6.45) is 0. The van der Waals surface area contributed by atoms with Crippen LogP contribution >= 0.6 is 31.9 Å². The van der Waals surface area contributed by atoms with Crippen LogP contribution in [0, 0.1) is 0 Å². The van der Waals surface area contributed by atoms with Crippen molar-refractivity contribution in [2.45, 2.75) is 0 Å². The zero-order chi connectivity index (χ0) is 12.1. The molecule has 90 valence electrons. The van der Waals surface area contributed by atoms with E-state index in [0.717, 1.165) is 0 Å². The first-order valence-electron chi connectivity index (χ1n) is 4.77. The Hall–Kier alpha value is -0.430. The molecule has 0 aromatic carbocycles. The average molecular weight is 356 g/mol. The molecule has 0 bridgehead atoms. The number of hydrogen-bond acceptors (Lipinski definition) is 3. The van der Waals surface area contributed by atoms with Gasteiger partial charge in [0.05, 0.1) is 23.7 Å². The largest absolute Gasteiger partial charge is 0.333 e. The van der Waals surface area contributed by atoms with E-state index in [2.05, 4.69) is 31.9 Å². The number of Topliss-reactive ketones (excluding diaryl/α,β-unsaturated/α-hetero) is 1. The van der Waals surface area contributed by atoms with Crippen LogP contribution in [-0.4, -0.2) is 64.2 Å². The van der Waals surface area contributed by atoms with Gasteiger partial charge in [0, 0.05) is 13.1 Å². The molecule has 0 radical (unpaired) electrons. The first-order chi connectivity index (χ1) is 7.58. The van der Waals surface area contributed by atoms with Gasteiger partial charge in [-0.05, 0) is 0 Å². The second-order valence-electron chi connectivity index (χ2n) is 3.44. The second kappa shape index (κ2) is 6.34. The number of ketones is 1. The number of amides is 2. The maximum atomic E-state index is 11.5. The van der Waals surface area contributed by atoms with Gasteiger partial charge in [0.2, 0.25) is 11.8 Å². The maximum absolute atomic E-state index is 11.5. The molecule has 1 aliphatic heterocycles. The highest BCUT2D eigenvalue weighted by Crippen LogP contribution is 2.04. The van der Waals surface area contributed by atoms with Crippen molar-refractivity contribution < 1.29 is 14.4 Å². The van der Waals surface area contributed by atoms with Crippen LogP contribution in [0.25, 0.3) is 0 Å². The number of nitrogens with zero attached hydrogens (tertiary/aromatic N) is 2. The fraction of sp³-hybridized carbons (Fsp3) is 0.667. The monoisotopic (exact) mass is 354 g/mol. The first kappa shape index (κ1) is 13.6. The summed E-state index contributed by atoms with van der Waals surface area (Å²) < 4.78 is 0. The second-order valence-corrected chi connectivity index (χ2v) is 4.56. The van der Waals surface area contributed by atoms with Crippen LogP contribution in [0.1, 0.15) is 0 Å². The maximum Gasteiger partial charge on any atom is 0.233 e. The molecule has 0 spiro atoms. The molecule has 0 aliphatic carbocycles. The van der Waals surface area contributed by atoms with E-state index in [-0.39, 0.29) is 41.3 Å². The third kappa shape index (κ3) is 3.55. The minimum absolute atomic E-state index is 0.0937. The van der Waals surface area contributed by atoms with Crippen molar-refractivity contribution in [2.24, 2.45) is 0 Å². The van der Waals surface area contributed by atoms with Crippen molar-refractivity contribution in [3.05, 3.63) is 0 Å². The van der Waals surface area contributed by atoms with Gasteiger partial charge in [0.15, 0.2) is 5.78 Å². The quantitative estimate of drug-likeness (QED) is 0.656. The average Bonchev–Trinajstić information content (AvgIpc) is 2.49. The Morgan fingerprint density at radius 1 is 1.00 bits per heavy atom. The molecule has 2 amide bonds. The number of halogens is 2. The standard InChI is InChI=1S/C9H12Br2N2O3/c10-3-8(15)12-1-2-13(9(16)4-11)6-7(14)5-12/h1-6H2. The molecule has 1 saturated heterocycles. The molecular weight excluding hydrogens is 344 g/mol. The molecule has 0 saturated carbocycles. The number of hydrogen-bond donors (Lipinski definition) is 0. The molecule has 0 unspecified atom stereocenters. The van der Waals surface area contributed by atoms with Crippen LogP contribution in [0.5, 0.6) is 0 Å². The van der Waals surface area contributed by atoms with Crippen LogP contribution in [0.4, 0.5) is 0 Å². The SMILES string of the molecule is O=C1CN(C(=O)CBr)CCN(C(=O)CBr)C1. The summed E-state index contributed by atoms with van der Waals surface area (Å²) in [6.45, 7) is 1.01. The van der Waals surface area contributed by atoms with Crippen molar-refractivity contribution in [3.8, 4) is 0 Å². The molecule has 5 nitrogen and oxygen atoms in total. The summed E-state index contributed by atoms with van der Waals surface area (Å²) >= 11 is 6.13. The smallest absolute Gasteiger partial charge is 0.233 e. The highest BCUT2D eigenvalue weighted by molar-refractivity contribution is 9.09. The molecule has 1 aliphatic rings. The van der Waals surface area contributed by atoms with Gasteiger partial charge in [-0.2, -0.15) is 0 Å². The lowest BCUT2D eigenvalue weighted by atomic mass is 10.3. The number of carbonyl (C=O) groups is 3. The minimum atomic E-state index is -0.124. The lowest BCUT2D eigenvalue weighted by molar-refractivity contribution is -0.132. The van der Waals surface area contributed by atoms with Crippen LogP contribution < -0.4 is 0 Å². The summed E-state index contributed by atoms with van der Waals surface area (Å²) in [5.74, 6) is -0.357. The Labute approximate surface area is 110 Å². The molecule has 1 heterocycles. The molecule has 0 N–H and O–H groups in total. The summed E-state index contributed by atoms with van der Waals surface area (Å²) in [5, 5.41) is 0.402. The van der Waals surface area contributed by atoms with E-state index >= 15 is 0 Å². The van der Waals surface area contributed by atoms with E-state index in [1.54, 1.807) is 0 Å².